The fraction of sp³-hybridized carbons (Fsp3) is 0.238. The quantitative estimate of drug-likeness (QED) is 0.476. The molecule has 0 aliphatic carbocycles. The predicted molar refractivity (Wildman–Crippen MR) is 108 cm³/mol. The number of hydrogen-bond donors (Lipinski definition) is 0. The Morgan fingerprint density at radius 1 is 1.15 bits per heavy atom. The van der Waals surface area contributed by atoms with E-state index in [9.17, 15) is 4.79 Å². The van der Waals surface area contributed by atoms with Crippen molar-refractivity contribution in [1.82, 2.24) is 0 Å². The van der Waals surface area contributed by atoms with Crippen molar-refractivity contribution in [2.75, 3.05) is 6.61 Å². The van der Waals surface area contributed by atoms with E-state index in [1.165, 1.54) is 5.56 Å². The number of hydrogen-bond acceptors (Lipinski definition) is 5. The van der Waals surface area contributed by atoms with Gasteiger partial charge in [-0.2, -0.15) is 0 Å². The zero-order valence-corrected chi connectivity index (χ0v) is 17.0. The van der Waals surface area contributed by atoms with Crippen molar-refractivity contribution in [1.29, 1.82) is 0 Å². The van der Waals surface area contributed by atoms with Crippen molar-refractivity contribution in [3.05, 3.63) is 63.1 Å². The number of carbonyl (C=O) groups is 1. The second kappa shape index (κ2) is 8.39. The van der Waals surface area contributed by atoms with Gasteiger partial charge >= 0.3 is 5.97 Å². The van der Waals surface area contributed by atoms with Gasteiger partial charge < -0.3 is 14.3 Å². The highest BCUT2D eigenvalue weighted by Gasteiger charge is 2.22. The van der Waals surface area contributed by atoms with Crippen molar-refractivity contribution in [3.8, 4) is 11.5 Å². The average molecular weight is 430 g/mol. The third kappa shape index (κ3) is 4.57. The zero-order chi connectivity index (χ0) is 19.4. The van der Waals surface area contributed by atoms with E-state index < -0.39 is 5.97 Å². The third-order valence-electron chi connectivity index (χ3n) is 4.02. The van der Waals surface area contributed by atoms with Gasteiger partial charge in [-0.1, -0.05) is 35.0 Å². The highest BCUT2D eigenvalue weighted by molar-refractivity contribution is 9.10. The first-order valence-corrected chi connectivity index (χ1v) is 9.40. The molecule has 1 aliphatic rings. The van der Waals surface area contributed by atoms with Gasteiger partial charge in [0.05, 0.1) is 22.4 Å². The SMILES string of the molecule is CCOc1cc(/C=C2\C(=O)ON=C2C)cc(Br)c1OCc1ccc(C)cc1. The molecular formula is C21H20BrNO4. The average Bonchev–Trinajstić information content (AvgIpc) is 2.95. The monoisotopic (exact) mass is 429 g/mol. The molecule has 2 aromatic carbocycles. The fourth-order valence-corrected chi connectivity index (χ4v) is 3.17. The van der Waals surface area contributed by atoms with Gasteiger partial charge in [0.1, 0.15) is 6.61 Å². The maximum Gasteiger partial charge on any atom is 0.367 e. The van der Waals surface area contributed by atoms with Gasteiger partial charge in [-0.05, 0) is 66.0 Å². The second-order valence-electron chi connectivity index (χ2n) is 6.15. The topological polar surface area (TPSA) is 57.1 Å². The molecule has 0 aromatic heterocycles. The first-order chi connectivity index (χ1) is 13.0. The normalized spacial score (nSPS) is 14.9. The van der Waals surface area contributed by atoms with Crippen LogP contribution in [0.3, 0.4) is 0 Å². The van der Waals surface area contributed by atoms with E-state index in [2.05, 4.69) is 33.2 Å². The van der Waals surface area contributed by atoms with Gasteiger partial charge in [0.15, 0.2) is 11.5 Å². The minimum atomic E-state index is -0.457. The second-order valence-corrected chi connectivity index (χ2v) is 7.01. The van der Waals surface area contributed by atoms with Gasteiger partial charge in [-0.25, -0.2) is 4.79 Å². The minimum absolute atomic E-state index is 0.428. The summed E-state index contributed by atoms with van der Waals surface area (Å²) in [6.45, 7) is 6.61. The van der Waals surface area contributed by atoms with Gasteiger partial charge in [-0.15, -0.1) is 0 Å². The highest BCUT2D eigenvalue weighted by Crippen LogP contribution is 2.38. The molecule has 0 fully saturated rings. The Kier molecular flexibility index (Phi) is 5.96. The Hall–Kier alpha value is -2.60. The molecule has 0 radical (unpaired) electrons. The van der Waals surface area contributed by atoms with Crippen molar-refractivity contribution >= 4 is 33.7 Å². The summed E-state index contributed by atoms with van der Waals surface area (Å²) in [5.41, 5.74) is 4.04. The van der Waals surface area contributed by atoms with Crippen molar-refractivity contribution < 1.29 is 19.1 Å². The first kappa shape index (κ1) is 19.2. The molecule has 0 amide bonds. The Balaban J connectivity index is 1.88. The smallest absolute Gasteiger partial charge is 0.367 e. The molecule has 0 atom stereocenters. The van der Waals surface area contributed by atoms with Gasteiger partial charge in [0.25, 0.3) is 0 Å². The summed E-state index contributed by atoms with van der Waals surface area (Å²) < 4.78 is 12.5. The molecule has 0 saturated carbocycles. The summed E-state index contributed by atoms with van der Waals surface area (Å²) in [6, 6.07) is 11.9. The predicted octanol–water partition coefficient (Wildman–Crippen LogP) is 5.05. The Labute approximate surface area is 166 Å². The molecule has 3 rings (SSSR count). The number of carbonyl (C=O) groups excluding carboxylic acids is 1. The molecule has 0 N–H and O–H groups in total. The van der Waals surface area contributed by atoms with Crippen molar-refractivity contribution in [2.24, 2.45) is 5.16 Å². The van der Waals surface area contributed by atoms with Gasteiger partial charge in [-0.3, -0.25) is 0 Å². The lowest BCUT2D eigenvalue weighted by atomic mass is 10.1. The van der Waals surface area contributed by atoms with Crippen LogP contribution in [-0.2, 0) is 16.2 Å². The Morgan fingerprint density at radius 2 is 1.89 bits per heavy atom. The van der Waals surface area contributed by atoms with Crippen LogP contribution in [0.4, 0.5) is 0 Å². The van der Waals surface area contributed by atoms with Crippen LogP contribution in [0.5, 0.6) is 11.5 Å². The Bertz CT molecular complexity index is 917. The summed E-state index contributed by atoms with van der Waals surface area (Å²) >= 11 is 3.55. The lowest BCUT2D eigenvalue weighted by molar-refractivity contribution is -0.136. The van der Waals surface area contributed by atoms with Crippen LogP contribution in [0.2, 0.25) is 0 Å². The van der Waals surface area contributed by atoms with Crippen LogP contribution in [0.1, 0.15) is 30.5 Å². The summed E-state index contributed by atoms with van der Waals surface area (Å²) in [7, 11) is 0. The number of halogens is 1. The summed E-state index contributed by atoms with van der Waals surface area (Å²) in [6.07, 6.45) is 1.73. The summed E-state index contributed by atoms with van der Waals surface area (Å²) in [4.78, 5) is 16.5. The van der Waals surface area contributed by atoms with Crippen molar-refractivity contribution in [2.45, 2.75) is 27.4 Å². The van der Waals surface area contributed by atoms with E-state index in [0.717, 1.165) is 15.6 Å². The largest absolute Gasteiger partial charge is 0.490 e. The number of ether oxygens (including phenoxy) is 2. The molecule has 6 heteroatoms. The third-order valence-corrected chi connectivity index (χ3v) is 4.61. The molecule has 1 heterocycles. The van der Waals surface area contributed by atoms with Gasteiger partial charge in [0, 0.05) is 0 Å². The maximum atomic E-state index is 11.8. The highest BCUT2D eigenvalue weighted by atomic mass is 79.9. The van der Waals surface area contributed by atoms with E-state index in [1.807, 2.05) is 38.1 Å². The van der Waals surface area contributed by atoms with Crippen LogP contribution in [0, 0.1) is 6.92 Å². The fourth-order valence-electron chi connectivity index (χ4n) is 2.60. The maximum absolute atomic E-state index is 11.8. The number of benzene rings is 2. The standard InChI is InChI=1S/C21H20BrNO4/c1-4-25-19-11-16(9-17-14(3)23-27-21(17)24)10-18(22)20(19)26-12-15-7-5-13(2)6-8-15/h5-11H,4,12H2,1-3H3/b17-9-. The lowest BCUT2D eigenvalue weighted by Crippen LogP contribution is -2.03. The summed E-state index contributed by atoms with van der Waals surface area (Å²) in [5.74, 6) is 0.770. The van der Waals surface area contributed by atoms with Crippen LogP contribution >= 0.6 is 15.9 Å². The van der Waals surface area contributed by atoms with E-state index in [-0.39, 0.29) is 0 Å². The molecule has 2 aromatic rings. The van der Waals surface area contributed by atoms with E-state index in [4.69, 9.17) is 14.3 Å². The minimum Gasteiger partial charge on any atom is -0.490 e. The zero-order valence-electron chi connectivity index (χ0n) is 15.4. The van der Waals surface area contributed by atoms with E-state index >= 15 is 0 Å². The van der Waals surface area contributed by atoms with E-state index in [0.29, 0.717) is 36.0 Å². The molecule has 5 nitrogen and oxygen atoms in total. The van der Waals surface area contributed by atoms with Crippen molar-refractivity contribution in [3.63, 3.8) is 0 Å². The van der Waals surface area contributed by atoms with Crippen LogP contribution < -0.4 is 9.47 Å². The molecule has 1 aliphatic heterocycles. The van der Waals surface area contributed by atoms with Crippen LogP contribution in [0.15, 0.2) is 51.6 Å². The molecule has 0 unspecified atom stereocenters. The first-order valence-electron chi connectivity index (χ1n) is 8.60. The molecule has 27 heavy (non-hydrogen) atoms. The molecule has 140 valence electrons. The number of oxime groups is 1. The van der Waals surface area contributed by atoms with Crippen LogP contribution in [0.25, 0.3) is 6.08 Å². The molecule has 0 bridgehead atoms. The lowest BCUT2D eigenvalue weighted by Gasteiger charge is -2.15. The van der Waals surface area contributed by atoms with Gasteiger partial charge in [0.2, 0.25) is 0 Å². The van der Waals surface area contributed by atoms with E-state index in [1.54, 1.807) is 13.0 Å². The number of aryl methyl sites for hydroxylation is 1. The summed E-state index contributed by atoms with van der Waals surface area (Å²) in [5, 5.41) is 3.69. The molecular weight excluding hydrogens is 410 g/mol. The van der Waals surface area contributed by atoms with Crippen LogP contribution in [-0.4, -0.2) is 18.3 Å². The molecule has 0 spiro atoms. The number of nitrogens with zero attached hydrogens (tertiary/aromatic N) is 1. The molecule has 0 saturated heterocycles. The number of rotatable bonds is 6. The Morgan fingerprint density at radius 3 is 2.52 bits per heavy atom.